The Morgan fingerprint density at radius 3 is 3.00 bits per heavy atom. The number of hydrogen-bond acceptors (Lipinski definition) is 3. The molecule has 0 saturated carbocycles. The van der Waals surface area contributed by atoms with Crippen LogP contribution in [0, 0.1) is 6.92 Å². The molecule has 1 aromatic rings. The number of rotatable bonds is 2. The van der Waals surface area contributed by atoms with Gasteiger partial charge in [0.2, 0.25) is 0 Å². The van der Waals surface area contributed by atoms with E-state index in [4.69, 9.17) is 5.11 Å². The van der Waals surface area contributed by atoms with Crippen LogP contribution in [0.4, 0.5) is 0 Å². The van der Waals surface area contributed by atoms with Gasteiger partial charge in [-0.25, -0.2) is 0 Å². The van der Waals surface area contributed by atoms with E-state index in [1.165, 1.54) is 0 Å². The molecule has 76 valence electrons. The number of aliphatic hydroxyl groups is 2. The molecule has 1 aromatic carbocycles. The molecule has 1 aliphatic rings. The van der Waals surface area contributed by atoms with Crippen LogP contribution in [0.2, 0.25) is 0 Å². The first-order valence-electron chi connectivity index (χ1n) is 4.85. The summed E-state index contributed by atoms with van der Waals surface area (Å²) in [5.74, 6) is 0. The van der Waals surface area contributed by atoms with E-state index >= 15 is 0 Å². The van der Waals surface area contributed by atoms with Crippen molar-refractivity contribution in [3.8, 4) is 0 Å². The summed E-state index contributed by atoms with van der Waals surface area (Å²) in [6.45, 7) is 3.36. The van der Waals surface area contributed by atoms with E-state index in [9.17, 15) is 5.11 Å². The lowest BCUT2D eigenvalue weighted by Crippen LogP contribution is -2.25. The highest BCUT2D eigenvalue weighted by atomic mass is 16.3. The third kappa shape index (κ3) is 1.54. The van der Waals surface area contributed by atoms with Gasteiger partial charge in [0.25, 0.3) is 0 Å². The number of fused-ring (bicyclic) bond motifs is 1. The summed E-state index contributed by atoms with van der Waals surface area (Å²) in [5.41, 5.74) is 3.31. The first kappa shape index (κ1) is 9.65. The molecule has 3 heteroatoms. The quantitative estimate of drug-likeness (QED) is 0.730. The van der Waals surface area contributed by atoms with Crippen molar-refractivity contribution in [3.63, 3.8) is 0 Å². The fourth-order valence-corrected chi connectivity index (χ4v) is 1.93. The molecular weight excluding hydrogens is 178 g/mol. The first-order chi connectivity index (χ1) is 6.72. The smallest absolute Gasteiger partial charge is 0.134 e. The van der Waals surface area contributed by atoms with E-state index in [0.717, 1.165) is 23.2 Å². The second-order valence-electron chi connectivity index (χ2n) is 3.77. The predicted octanol–water partition coefficient (Wildman–Crippen LogP) is 0.794. The van der Waals surface area contributed by atoms with Gasteiger partial charge in [-0.2, -0.15) is 0 Å². The highest BCUT2D eigenvalue weighted by molar-refractivity contribution is 5.35. The van der Waals surface area contributed by atoms with E-state index < -0.39 is 6.23 Å². The Morgan fingerprint density at radius 1 is 1.50 bits per heavy atom. The predicted molar refractivity (Wildman–Crippen MR) is 53.6 cm³/mol. The van der Waals surface area contributed by atoms with Gasteiger partial charge in [0.05, 0.1) is 6.61 Å². The van der Waals surface area contributed by atoms with Crippen LogP contribution in [0.25, 0.3) is 0 Å². The Kier molecular flexibility index (Phi) is 2.54. The Hall–Kier alpha value is -0.900. The van der Waals surface area contributed by atoms with Crippen molar-refractivity contribution in [2.75, 3.05) is 13.2 Å². The minimum absolute atomic E-state index is 0.0873. The van der Waals surface area contributed by atoms with E-state index in [-0.39, 0.29) is 6.61 Å². The van der Waals surface area contributed by atoms with Crippen molar-refractivity contribution in [3.05, 3.63) is 34.9 Å². The topological polar surface area (TPSA) is 43.7 Å². The average Bonchev–Trinajstić information content (AvgIpc) is 2.46. The molecule has 0 bridgehead atoms. The zero-order valence-electron chi connectivity index (χ0n) is 8.27. The van der Waals surface area contributed by atoms with Crippen LogP contribution in [0.1, 0.15) is 22.9 Å². The molecule has 0 aliphatic carbocycles. The minimum atomic E-state index is -0.544. The molecule has 0 amide bonds. The summed E-state index contributed by atoms with van der Waals surface area (Å²) >= 11 is 0. The lowest BCUT2D eigenvalue weighted by molar-refractivity contribution is 0.00384. The first-order valence-corrected chi connectivity index (χ1v) is 4.85. The zero-order chi connectivity index (χ0) is 10.1. The van der Waals surface area contributed by atoms with E-state index in [1.807, 2.05) is 30.0 Å². The van der Waals surface area contributed by atoms with Crippen molar-refractivity contribution < 1.29 is 10.2 Å². The molecule has 1 aliphatic heterocycles. The lowest BCUT2D eigenvalue weighted by atomic mass is 10.1. The van der Waals surface area contributed by atoms with Crippen LogP contribution in [0.5, 0.6) is 0 Å². The van der Waals surface area contributed by atoms with Crippen molar-refractivity contribution in [1.29, 1.82) is 0 Å². The monoisotopic (exact) mass is 193 g/mol. The molecule has 1 atom stereocenters. The Bertz CT molecular complexity index is 338. The molecule has 3 nitrogen and oxygen atoms in total. The SMILES string of the molecule is Cc1ccc2c(c1)C(O)N(CCO)C2. The van der Waals surface area contributed by atoms with Gasteiger partial charge < -0.3 is 10.2 Å². The van der Waals surface area contributed by atoms with Crippen molar-refractivity contribution in [2.45, 2.75) is 19.7 Å². The molecule has 2 N–H and O–H groups in total. The molecule has 1 heterocycles. The second-order valence-corrected chi connectivity index (χ2v) is 3.77. The van der Waals surface area contributed by atoms with Crippen molar-refractivity contribution >= 4 is 0 Å². The van der Waals surface area contributed by atoms with Crippen LogP contribution >= 0.6 is 0 Å². The largest absolute Gasteiger partial charge is 0.395 e. The molecule has 0 radical (unpaired) electrons. The maximum absolute atomic E-state index is 9.91. The number of aliphatic hydroxyl groups excluding tert-OH is 2. The van der Waals surface area contributed by atoms with Gasteiger partial charge in [-0.15, -0.1) is 0 Å². The molecule has 1 unspecified atom stereocenters. The maximum Gasteiger partial charge on any atom is 0.134 e. The molecule has 0 spiro atoms. The highest BCUT2D eigenvalue weighted by Gasteiger charge is 2.27. The lowest BCUT2D eigenvalue weighted by Gasteiger charge is -2.18. The number of β-amino-alcohol motifs (C(OH)–C–C–N with tert-alkyl or cyclic N) is 1. The summed E-state index contributed by atoms with van der Waals surface area (Å²) in [6.07, 6.45) is -0.544. The molecule has 2 rings (SSSR count). The van der Waals surface area contributed by atoms with E-state index in [0.29, 0.717) is 6.54 Å². The van der Waals surface area contributed by atoms with Crippen LogP contribution in [-0.2, 0) is 6.54 Å². The minimum Gasteiger partial charge on any atom is -0.395 e. The summed E-state index contributed by atoms with van der Waals surface area (Å²) in [5, 5.41) is 18.7. The summed E-state index contributed by atoms with van der Waals surface area (Å²) < 4.78 is 0. The Balaban J connectivity index is 2.27. The van der Waals surface area contributed by atoms with Crippen LogP contribution in [0.3, 0.4) is 0 Å². The van der Waals surface area contributed by atoms with Gasteiger partial charge in [0, 0.05) is 18.7 Å². The second kappa shape index (κ2) is 3.69. The Morgan fingerprint density at radius 2 is 2.29 bits per heavy atom. The van der Waals surface area contributed by atoms with Gasteiger partial charge in [0.15, 0.2) is 0 Å². The number of hydrogen-bond donors (Lipinski definition) is 2. The fourth-order valence-electron chi connectivity index (χ4n) is 1.93. The molecule has 0 aromatic heterocycles. The number of benzene rings is 1. The van der Waals surface area contributed by atoms with E-state index in [2.05, 4.69) is 0 Å². The van der Waals surface area contributed by atoms with Gasteiger partial charge in [0.1, 0.15) is 6.23 Å². The molecule has 14 heavy (non-hydrogen) atoms. The normalized spacial score (nSPS) is 21.2. The zero-order valence-corrected chi connectivity index (χ0v) is 8.27. The van der Waals surface area contributed by atoms with Gasteiger partial charge in [-0.3, -0.25) is 4.90 Å². The third-order valence-corrected chi connectivity index (χ3v) is 2.69. The molecule has 0 fully saturated rings. The molecule has 0 saturated heterocycles. The van der Waals surface area contributed by atoms with Gasteiger partial charge >= 0.3 is 0 Å². The average molecular weight is 193 g/mol. The van der Waals surface area contributed by atoms with Crippen molar-refractivity contribution in [2.24, 2.45) is 0 Å². The number of aryl methyl sites for hydroxylation is 1. The van der Waals surface area contributed by atoms with Gasteiger partial charge in [-0.05, 0) is 12.5 Å². The number of nitrogens with zero attached hydrogens (tertiary/aromatic N) is 1. The van der Waals surface area contributed by atoms with E-state index in [1.54, 1.807) is 0 Å². The standard InChI is InChI=1S/C11H15NO2/c1-8-2-3-9-7-12(4-5-13)11(14)10(9)6-8/h2-3,6,11,13-14H,4-5,7H2,1H3. The fraction of sp³-hybridized carbons (Fsp3) is 0.455. The van der Waals surface area contributed by atoms with Crippen LogP contribution in [0.15, 0.2) is 18.2 Å². The highest BCUT2D eigenvalue weighted by Crippen LogP contribution is 2.31. The summed E-state index contributed by atoms with van der Waals surface area (Å²) in [6, 6.07) is 6.11. The van der Waals surface area contributed by atoms with Crippen LogP contribution < -0.4 is 0 Å². The summed E-state index contributed by atoms with van der Waals surface area (Å²) in [4.78, 5) is 1.87. The maximum atomic E-state index is 9.91. The molecular formula is C11H15NO2. The third-order valence-electron chi connectivity index (χ3n) is 2.69. The van der Waals surface area contributed by atoms with Crippen LogP contribution in [-0.4, -0.2) is 28.3 Å². The Labute approximate surface area is 83.6 Å². The van der Waals surface area contributed by atoms with Crippen molar-refractivity contribution in [1.82, 2.24) is 4.90 Å². The summed E-state index contributed by atoms with van der Waals surface area (Å²) in [7, 11) is 0. The van der Waals surface area contributed by atoms with Gasteiger partial charge in [-0.1, -0.05) is 23.8 Å².